The first-order valence-electron chi connectivity index (χ1n) is 9.81. The summed E-state index contributed by atoms with van der Waals surface area (Å²) in [6, 6.07) is 7.74. The van der Waals surface area contributed by atoms with Gasteiger partial charge in [0.25, 0.3) is 5.91 Å². The fraction of sp³-hybridized carbons (Fsp3) is 0.391. The molecule has 0 saturated heterocycles. The number of aliphatic hydroxyl groups is 1. The van der Waals surface area contributed by atoms with Crippen molar-refractivity contribution < 1.29 is 14.6 Å². The standard InChI is InChI=1S/C23H27N3O3/c1-12-7-8-13(2)20-16(12)11-18(27)22(20)29-19-10-15(23(28)25(4)5)9-17-21(19)24-14(3)26(17)6/h7-10,18,22,27H,11H2,1-6H3. The Morgan fingerprint density at radius 3 is 2.59 bits per heavy atom. The minimum atomic E-state index is -0.641. The first kappa shape index (κ1) is 19.5. The predicted molar refractivity (Wildman–Crippen MR) is 112 cm³/mol. The fourth-order valence-corrected chi connectivity index (χ4v) is 4.18. The van der Waals surface area contributed by atoms with E-state index in [4.69, 9.17) is 4.74 Å². The molecule has 0 radical (unpaired) electrons. The maximum atomic E-state index is 12.6. The molecule has 2 unspecified atom stereocenters. The molecular formula is C23H27N3O3. The average Bonchev–Trinajstić information content (AvgIpc) is 3.16. The lowest BCUT2D eigenvalue weighted by molar-refractivity contribution is 0.0500. The van der Waals surface area contributed by atoms with Crippen LogP contribution in [0, 0.1) is 20.8 Å². The number of aromatic nitrogens is 2. The molecule has 2 aromatic carbocycles. The smallest absolute Gasteiger partial charge is 0.253 e. The van der Waals surface area contributed by atoms with Crippen LogP contribution in [0.2, 0.25) is 0 Å². The number of hydrogen-bond donors (Lipinski definition) is 1. The molecule has 1 aliphatic rings. The second kappa shape index (κ2) is 6.88. The number of carbonyl (C=O) groups excluding carboxylic acids is 1. The maximum absolute atomic E-state index is 12.6. The number of carbonyl (C=O) groups is 1. The Morgan fingerprint density at radius 1 is 1.21 bits per heavy atom. The zero-order valence-corrected chi connectivity index (χ0v) is 17.8. The van der Waals surface area contributed by atoms with Crippen LogP contribution in [0.1, 0.15) is 44.5 Å². The van der Waals surface area contributed by atoms with Crippen LogP contribution >= 0.6 is 0 Å². The van der Waals surface area contributed by atoms with Crippen molar-refractivity contribution in [2.24, 2.45) is 7.05 Å². The van der Waals surface area contributed by atoms with Crippen molar-refractivity contribution in [3.63, 3.8) is 0 Å². The molecule has 1 heterocycles. The van der Waals surface area contributed by atoms with Crippen LogP contribution < -0.4 is 4.74 Å². The fourth-order valence-electron chi connectivity index (χ4n) is 4.18. The Kier molecular flexibility index (Phi) is 4.62. The first-order chi connectivity index (χ1) is 13.7. The second-order valence-electron chi connectivity index (χ2n) is 8.16. The number of fused-ring (bicyclic) bond motifs is 2. The summed E-state index contributed by atoms with van der Waals surface area (Å²) in [6.07, 6.45) is -0.563. The first-order valence-corrected chi connectivity index (χ1v) is 9.81. The van der Waals surface area contributed by atoms with Gasteiger partial charge in [0.1, 0.15) is 17.1 Å². The van der Waals surface area contributed by atoms with Gasteiger partial charge in [0.15, 0.2) is 6.10 Å². The number of nitrogens with zero attached hydrogens (tertiary/aromatic N) is 3. The van der Waals surface area contributed by atoms with Crippen molar-refractivity contribution in [2.75, 3.05) is 14.1 Å². The summed E-state index contributed by atoms with van der Waals surface area (Å²) in [4.78, 5) is 18.8. The van der Waals surface area contributed by atoms with E-state index in [1.54, 1.807) is 25.1 Å². The minimum Gasteiger partial charge on any atom is -0.481 e. The summed E-state index contributed by atoms with van der Waals surface area (Å²) < 4.78 is 8.35. The van der Waals surface area contributed by atoms with Crippen molar-refractivity contribution in [3.05, 3.63) is 57.9 Å². The third-order valence-corrected chi connectivity index (χ3v) is 5.94. The molecule has 0 aliphatic heterocycles. The Morgan fingerprint density at radius 2 is 1.90 bits per heavy atom. The molecule has 3 aromatic rings. The number of hydrogen-bond acceptors (Lipinski definition) is 4. The molecule has 6 heteroatoms. The molecular weight excluding hydrogens is 366 g/mol. The van der Waals surface area contributed by atoms with Gasteiger partial charge in [0, 0.05) is 38.7 Å². The lowest BCUT2D eigenvalue weighted by Gasteiger charge is -2.21. The molecule has 152 valence electrons. The van der Waals surface area contributed by atoms with E-state index >= 15 is 0 Å². The van der Waals surface area contributed by atoms with E-state index in [2.05, 4.69) is 24.0 Å². The minimum absolute atomic E-state index is 0.102. The third kappa shape index (κ3) is 3.08. The third-order valence-electron chi connectivity index (χ3n) is 5.94. The van der Waals surface area contributed by atoms with E-state index in [0.29, 0.717) is 23.3 Å². The van der Waals surface area contributed by atoms with Crippen LogP contribution in [-0.4, -0.2) is 45.7 Å². The summed E-state index contributed by atoms with van der Waals surface area (Å²) in [5.41, 5.74) is 6.52. The van der Waals surface area contributed by atoms with Gasteiger partial charge in [-0.15, -0.1) is 0 Å². The molecule has 4 rings (SSSR count). The molecule has 1 aliphatic carbocycles. The number of rotatable bonds is 3. The average molecular weight is 393 g/mol. The number of imidazole rings is 1. The topological polar surface area (TPSA) is 67.6 Å². The maximum Gasteiger partial charge on any atom is 0.253 e. The van der Waals surface area contributed by atoms with Crippen molar-refractivity contribution in [1.29, 1.82) is 0 Å². The number of aryl methyl sites for hydroxylation is 4. The number of ether oxygens (including phenoxy) is 1. The molecule has 1 aromatic heterocycles. The molecule has 29 heavy (non-hydrogen) atoms. The highest BCUT2D eigenvalue weighted by molar-refractivity contribution is 5.99. The Bertz CT molecular complexity index is 1130. The summed E-state index contributed by atoms with van der Waals surface area (Å²) in [7, 11) is 5.38. The van der Waals surface area contributed by atoms with Crippen molar-refractivity contribution in [2.45, 2.75) is 39.4 Å². The van der Waals surface area contributed by atoms with Gasteiger partial charge in [-0.2, -0.15) is 0 Å². The van der Waals surface area contributed by atoms with Gasteiger partial charge >= 0.3 is 0 Å². The van der Waals surface area contributed by atoms with E-state index < -0.39 is 12.2 Å². The molecule has 1 amide bonds. The van der Waals surface area contributed by atoms with Gasteiger partial charge in [0.05, 0.1) is 11.6 Å². The number of aliphatic hydroxyl groups excluding tert-OH is 1. The van der Waals surface area contributed by atoms with Crippen LogP contribution in [-0.2, 0) is 13.5 Å². The molecule has 0 fully saturated rings. The molecule has 0 saturated carbocycles. The Balaban J connectivity index is 1.86. The van der Waals surface area contributed by atoms with E-state index in [9.17, 15) is 9.90 Å². The molecule has 0 bridgehead atoms. The molecule has 1 N–H and O–H groups in total. The van der Waals surface area contributed by atoms with Gasteiger partial charge in [-0.05, 0) is 49.6 Å². The molecule has 2 atom stereocenters. The Labute approximate surface area is 170 Å². The lowest BCUT2D eigenvalue weighted by Crippen LogP contribution is -2.22. The number of amides is 1. The highest BCUT2D eigenvalue weighted by atomic mass is 16.5. The van der Waals surface area contributed by atoms with E-state index in [-0.39, 0.29) is 5.91 Å². The van der Waals surface area contributed by atoms with Gasteiger partial charge in [-0.1, -0.05) is 12.1 Å². The van der Waals surface area contributed by atoms with E-state index in [1.807, 2.05) is 31.5 Å². The summed E-state index contributed by atoms with van der Waals surface area (Å²) in [5, 5.41) is 10.8. The molecule has 6 nitrogen and oxygen atoms in total. The highest BCUT2D eigenvalue weighted by Crippen LogP contribution is 2.40. The second-order valence-corrected chi connectivity index (χ2v) is 8.16. The SMILES string of the molecule is Cc1ccc(C)c2c1CC(O)C2Oc1cc(C(=O)N(C)C)cc2c1nc(C)n2C. The van der Waals surface area contributed by atoms with Gasteiger partial charge in [-0.3, -0.25) is 4.79 Å². The van der Waals surface area contributed by atoms with Crippen molar-refractivity contribution in [1.82, 2.24) is 14.5 Å². The largest absolute Gasteiger partial charge is 0.481 e. The quantitative estimate of drug-likeness (QED) is 0.742. The van der Waals surface area contributed by atoms with Crippen LogP contribution in [0.3, 0.4) is 0 Å². The van der Waals surface area contributed by atoms with Gasteiger partial charge in [0.2, 0.25) is 0 Å². The monoisotopic (exact) mass is 393 g/mol. The highest BCUT2D eigenvalue weighted by Gasteiger charge is 2.36. The predicted octanol–water partition coefficient (Wildman–Crippen LogP) is 3.24. The Hall–Kier alpha value is -2.86. The molecule has 0 spiro atoms. The lowest BCUT2D eigenvalue weighted by atomic mass is 9.99. The van der Waals surface area contributed by atoms with E-state index in [0.717, 1.165) is 33.6 Å². The summed E-state index contributed by atoms with van der Waals surface area (Å²) >= 11 is 0. The van der Waals surface area contributed by atoms with Crippen LogP contribution in [0.15, 0.2) is 24.3 Å². The zero-order valence-electron chi connectivity index (χ0n) is 17.8. The van der Waals surface area contributed by atoms with Crippen LogP contribution in [0.5, 0.6) is 5.75 Å². The summed E-state index contributed by atoms with van der Waals surface area (Å²) in [5.74, 6) is 1.25. The van der Waals surface area contributed by atoms with Crippen LogP contribution in [0.25, 0.3) is 11.0 Å². The van der Waals surface area contributed by atoms with Crippen LogP contribution in [0.4, 0.5) is 0 Å². The normalized spacial score (nSPS) is 18.2. The van der Waals surface area contributed by atoms with Crippen molar-refractivity contribution >= 4 is 16.9 Å². The van der Waals surface area contributed by atoms with E-state index in [1.165, 1.54) is 0 Å². The summed E-state index contributed by atoms with van der Waals surface area (Å²) in [6.45, 7) is 6.02. The van der Waals surface area contributed by atoms with Gasteiger partial charge < -0.3 is 19.3 Å². The van der Waals surface area contributed by atoms with Crippen molar-refractivity contribution in [3.8, 4) is 5.75 Å². The number of benzene rings is 2. The zero-order chi connectivity index (χ0) is 21.0. The van der Waals surface area contributed by atoms with Gasteiger partial charge in [-0.25, -0.2) is 4.98 Å².